The van der Waals surface area contributed by atoms with E-state index in [-0.39, 0.29) is 23.0 Å². The van der Waals surface area contributed by atoms with Gasteiger partial charge in [0.05, 0.1) is 24.3 Å². The number of anilines is 1. The largest absolute Gasteiger partial charge is 0.459 e. The van der Waals surface area contributed by atoms with Gasteiger partial charge in [-0.2, -0.15) is 0 Å². The Bertz CT molecular complexity index is 716. The summed E-state index contributed by atoms with van der Waals surface area (Å²) in [4.78, 5) is 33.2. The molecule has 2 amide bonds. The SMILES string of the molecule is CC(C)C(NC(=O)c1ccco1)C(=O)Nc1cnc(C(C)(C)C)nc1. The van der Waals surface area contributed by atoms with Crippen LogP contribution >= 0.6 is 0 Å². The van der Waals surface area contributed by atoms with Gasteiger partial charge in [-0.15, -0.1) is 0 Å². The number of hydrogen-bond donors (Lipinski definition) is 2. The van der Waals surface area contributed by atoms with E-state index in [0.717, 1.165) is 0 Å². The molecule has 0 saturated carbocycles. The monoisotopic (exact) mass is 344 g/mol. The van der Waals surface area contributed by atoms with Gasteiger partial charge in [-0.1, -0.05) is 34.6 Å². The lowest BCUT2D eigenvalue weighted by Gasteiger charge is -2.21. The molecule has 2 N–H and O–H groups in total. The Balaban J connectivity index is 2.06. The van der Waals surface area contributed by atoms with Crippen molar-refractivity contribution in [2.75, 3.05) is 5.32 Å². The van der Waals surface area contributed by atoms with Crippen LogP contribution in [0.25, 0.3) is 0 Å². The molecule has 0 spiro atoms. The zero-order valence-electron chi connectivity index (χ0n) is 15.2. The van der Waals surface area contributed by atoms with Gasteiger partial charge in [-0.05, 0) is 18.1 Å². The van der Waals surface area contributed by atoms with Crippen LogP contribution in [-0.2, 0) is 10.2 Å². The number of amides is 2. The first-order chi connectivity index (χ1) is 11.7. The summed E-state index contributed by atoms with van der Waals surface area (Å²) in [6, 6.07) is 2.46. The van der Waals surface area contributed by atoms with Gasteiger partial charge in [0.1, 0.15) is 11.9 Å². The van der Waals surface area contributed by atoms with Crippen molar-refractivity contribution in [3.8, 4) is 0 Å². The highest BCUT2D eigenvalue weighted by Gasteiger charge is 2.26. The lowest BCUT2D eigenvalue weighted by atomic mass is 9.96. The maximum atomic E-state index is 12.5. The zero-order valence-corrected chi connectivity index (χ0v) is 15.2. The second-order valence-corrected chi connectivity index (χ2v) is 7.21. The molecule has 1 atom stereocenters. The minimum absolute atomic E-state index is 0.103. The van der Waals surface area contributed by atoms with Gasteiger partial charge < -0.3 is 15.1 Å². The summed E-state index contributed by atoms with van der Waals surface area (Å²) in [5.74, 6) is -0.0118. The van der Waals surface area contributed by atoms with E-state index in [1.807, 2.05) is 34.6 Å². The normalized spacial score (nSPS) is 12.7. The molecular formula is C18H24N4O3. The van der Waals surface area contributed by atoms with E-state index in [4.69, 9.17) is 4.42 Å². The molecule has 0 aromatic carbocycles. The van der Waals surface area contributed by atoms with Crippen LogP contribution in [0.3, 0.4) is 0 Å². The minimum Gasteiger partial charge on any atom is -0.459 e. The summed E-state index contributed by atoms with van der Waals surface area (Å²) >= 11 is 0. The van der Waals surface area contributed by atoms with E-state index in [0.29, 0.717) is 11.5 Å². The fourth-order valence-electron chi connectivity index (χ4n) is 2.15. The first-order valence-electron chi connectivity index (χ1n) is 8.16. The minimum atomic E-state index is -0.708. The Kier molecular flexibility index (Phi) is 5.56. The predicted octanol–water partition coefficient (Wildman–Crippen LogP) is 2.76. The fourth-order valence-corrected chi connectivity index (χ4v) is 2.15. The van der Waals surface area contributed by atoms with Crippen molar-refractivity contribution in [3.63, 3.8) is 0 Å². The van der Waals surface area contributed by atoms with Crippen molar-refractivity contribution >= 4 is 17.5 Å². The Morgan fingerprint density at radius 1 is 1.16 bits per heavy atom. The van der Waals surface area contributed by atoms with Gasteiger partial charge >= 0.3 is 0 Å². The molecule has 0 bridgehead atoms. The third kappa shape index (κ3) is 4.89. The quantitative estimate of drug-likeness (QED) is 0.869. The first-order valence-corrected chi connectivity index (χ1v) is 8.16. The number of carbonyl (C=O) groups excluding carboxylic acids is 2. The van der Waals surface area contributed by atoms with E-state index >= 15 is 0 Å². The number of aromatic nitrogens is 2. The molecule has 1 unspecified atom stereocenters. The number of furan rings is 1. The van der Waals surface area contributed by atoms with Crippen LogP contribution in [0.1, 0.15) is 51.0 Å². The number of nitrogens with one attached hydrogen (secondary N) is 2. The number of carbonyl (C=O) groups is 2. The highest BCUT2D eigenvalue weighted by Crippen LogP contribution is 2.18. The standard InChI is InChI=1S/C18H24N4O3/c1-11(2)14(22-15(23)13-7-6-8-25-13)16(24)21-12-9-19-17(20-10-12)18(3,4)5/h6-11,14H,1-5H3,(H,21,24)(H,22,23). The van der Waals surface area contributed by atoms with Crippen molar-refractivity contribution in [2.45, 2.75) is 46.1 Å². The summed E-state index contributed by atoms with van der Waals surface area (Å²) in [6.07, 6.45) is 4.54. The van der Waals surface area contributed by atoms with E-state index in [1.54, 1.807) is 24.5 Å². The number of hydrogen-bond acceptors (Lipinski definition) is 5. The van der Waals surface area contributed by atoms with Crippen molar-refractivity contribution in [2.24, 2.45) is 5.92 Å². The highest BCUT2D eigenvalue weighted by molar-refractivity contribution is 6.00. The average Bonchev–Trinajstić information content (AvgIpc) is 3.06. The summed E-state index contributed by atoms with van der Waals surface area (Å²) in [7, 11) is 0. The van der Waals surface area contributed by atoms with Crippen LogP contribution in [0, 0.1) is 5.92 Å². The van der Waals surface area contributed by atoms with E-state index in [9.17, 15) is 9.59 Å². The lowest BCUT2D eigenvalue weighted by molar-refractivity contribution is -0.118. The van der Waals surface area contributed by atoms with Gasteiger partial charge in [-0.3, -0.25) is 9.59 Å². The van der Waals surface area contributed by atoms with E-state index < -0.39 is 11.9 Å². The van der Waals surface area contributed by atoms with Gasteiger partial charge in [0.15, 0.2) is 5.76 Å². The highest BCUT2D eigenvalue weighted by atomic mass is 16.3. The topological polar surface area (TPSA) is 97.1 Å². The Morgan fingerprint density at radius 3 is 2.28 bits per heavy atom. The maximum absolute atomic E-state index is 12.5. The second kappa shape index (κ2) is 7.46. The van der Waals surface area contributed by atoms with Crippen LogP contribution < -0.4 is 10.6 Å². The molecule has 134 valence electrons. The Morgan fingerprint density at radius 2 is 1.80 bits per heavy atom. The zero-order chi connectivity index (χ0) is 18.6. The predicted molar refractivity (Wildman–Crippen MR) is 94.2 cm³/mol. The van der Waals surface area contributed by atoms with Crippen LogP contribution in [-0.4, -0.2) is 27.8 Å². The maximum Gasteiger partial charge on any atom is 0.287 e. The molecule has 0 aliphatic rings. The van der Waals surface area contributed by atoms with Gasteiger partial charge in [0, 0.05) is 5.41 Å². The molecule has 0 aliphatic heterocycles. The van der Waals surface area contributed by atoms with Crippen LogP contribution in [0.5, 0.6) is 0 Å². The summed E-state index contributed by atoms with van der Waals surface area (Å²) in [6.45, 7) is 9.75. The lowest BCUT2D eigenvalue weighted by Crippen LogP contribution is -2.47. The molecule has 0 saturated heterocycles. The molecular weight excluding hydrogens is 320 g/mol. The Hall–Kier alpha value is -2.70. The van der Waals surface area contributed by atoms with Crippen molar-refractivity contribution in [3.05, 3.63) is 42.4 Å². The summed E-state index contributed by atoms with van der Waals surface area (Å²) in [5, 5.41) is 5.43. The van der Waals surface area contributed by atoms with Gasteiger partial charge in [-0.25, -0.2) is 9.97 Å². The van der Waals surface area contributed by atoms with Crippen LogP contribution in [0.2, 0.25) is 0 Å². The fraction of sp³-hybridized carbons (Fsp3) is 0.444. The van der Waals surface area contributed by atoms with Crippen molar-refractivity contribution in [1.29, 1.82) is 0 Å². The van der Waals surface area contributed by atoms with E-state index in [1.165, 1.54) is 6.26 Å². The summed E-state index contributed by atoms with van der Waals surface area (Å²) < 4.78 is 5.06. The molecule has 0 aliphatic carbocycles. The number of nitrogens with zero attached hydrogens (tertiary/aromatic N) is 2. The molecule has 0 radical (unpaired) electrons. The van der Waals surface area contributed by atoms with Crippen molar-refractivity contribution in [1.82, 2.24) is 15.3 Å². The average molecular weight is 344 g/mol. The van der Waals surface area contributed by atoms with E-state index in [2.05, 4.69) is 20.6 Å². The number of rotatable bonds is 5. The Labute approximate surface area is 147 Å². The molecule has 0 fully saturated rings. The van der Waals surface area contributed by atoms with Crippen LogP contribution in [0.4, 0.5) is 5.69 Å². The molecule has 7 nitrogen and oxygen atoms in total. The van der Waals surface area contributed by atoms with Crippen LogP contribution in [0.15, 0.2) is 35.2 Å². The van der Waals surface area contributed by atoms with Gasteiger partial charge in [0.2, 0.25) is 5.91 Å². The molecule has 7 heteroatoms. The van der Waals surface area contributed by atoms with Crippen molar-refractivity contribution < 1.29 is 14.0 Å². The second-order valence-electron chi connectivity index (χ2n) is 7.21. The first kappa shape index (κ1) is 18.6. The molecule has 2 aromatic rings. The molecule has 2 aromatic heterocycles. The van der Waals surface area contributed by atoms with Gasteiger partial charge in [0.25, 0.3) is 5.91 Å². The summed E-state index contributed by atoms with van der Waals surface area (Å²) in [5.41, 5.74) is 0.316. The third-order valence-corrected chi connectivity index (χ3v) is 3.57. The smallest absolute Gasteiger partial charge is 0.287 e. The third-order valence-electron chi connectivity index (χ3n) is 3.57. The molecule has 2 heterocycles. The molecule has 25 heavy (non-hydrogen) atoms. The molecule has 2 rings (SSSR count).